The van der Waals surface area contributed by atoms with Gasteiger partial charge in [0, 0.05) is 6.54 Å². The summed E-state index contributed by atoms with van der Waals surface area (Å²) in [5.41, 5.74) is 1.79. The second-order valence-corrected chi connectivity index (χ2v) is 3.95. The maximum Gasteiger partial charge on any atom is 0.347 e. The predicted molar refractivity (Wildman–Crippen MR) is 58.9 cm³/mol. The lowest BCUT2D eigenvalue weighted by Gasteiger charge is -1.99. The first-order valence-corrected chi connectivity index (χ1v) is 5.08. The maximum absolute atomic E-state index is 10.5. The quantitative estimate of drug-likeness (QED) is 0.474. The zero-order valence-electron chi connectivity index (χ0n) is 8.11. The molecule has 0 spiro atoms. The van der Waals surface area contributed by atoms with Crippen LogP contribution in [0.2, 0.25) is 0 Å². The van der Waals surface area contributed by atoms with Gasteiger partial charge in [-0.2, -0.15) is 0 Å². The summed E-state index contributed by atoms with van der Waals surface area (Å²) >= 11 is 1.13. The Bertz CT molecular complexity index is 353. The molecule has 0 aromatic carbocycles. The molecule has 0 radical (unpaired) electrons. The van der Waals surface area contributed by atoms with Gasteiger partial charge in [0.1, 0.15) is 5.69 Å². The third-order valence-corrected chi connectivity index (χ3v) is 2.48. The van der Waals surface area contributed by atoms with E-state index in [-0.39, 0.29) is 9.92 Å². The van der Waals surface area contributed by atoms with E-state index in [0.29, 0.717) is 12.2 Å². The molecular weight excluding hydrogens is 200 g/mol. The summed E-state index contributed by atoms with van der Waals surface area (Å²) in [6.45, 7) is 4.60. The highest BCUT2D eigenvalue weighted by atomic mass is 32.1. The van der Waals surface area contributed by atoms with Crippen molar-refractivity contribution in [2.45, 2.75) is 13.8 Å². The van der Waals surface area contributed by atoms with Crippen molar-refractivity contribution in [3.05, 3.63) is 33.2 Å². The molecule has 0 bridgehead atoms. The average Bonchev–Trinajstić information content (AvgIpc) is 2.51. The molecule has 1 N–H and O–H groups in total. The summed E-state index contributed by atoms with van der Waals surface area (Å²) in [7, 11) is 0. The number of thiophene rings is 1. The van der Waals surface area contributed by atoms with Gasteiger partial charge in [-0.15, -0.1) is 0 Å². The molecule has 76 valence electrons. The molecule has 0 aliphatic carbocycles. The van der Waals surface area contributed by atoms with E-state index >= 15 is 0 Å². The van der Waals surface area contributed by atoms with E-state index < -0.39 is 0 Å². The van der Waals surface area contributed by atoms with Crippen LogP contribution in [0.15, 0.2) is 23.1 Å². The van der Waals surface area contributed by atoms with Crippen LogP contribution < -0.4 is 5.32 Å². The molecule has 0 atom stereocenters. The molecule has 0 aliphatic rings. The molecule has 0 unspecified atom stereocenters. The third kappa shape index (κ3) is 2.85. The van der Waals surface area contributed by atoms with Gasteiger partial charge < -0.3 is 5.32 Å². The van der Waals surface area contributed by atoms with Crippen LogP contribution in [0.4, 0.5) is 10.7 Å². The van der Waals surface area contributed by atoms with Crippen molar-refractivity contribution < 1.29 is 4.92 Å². The van der Waals surface area contributed by atoms with Gasteiger partial charge in [0.05, 0.1) is 4.92 Å². The highest BCUT2D eigenvalue weighted by Gasteiger charge is 2.13. The van der Waals surface area contributed by atoms with Crippen molar-refractivity contribution in [1.29, 1.82) is 0 Å². The summed E-state index contributed by atoms with van der Waals surface area (Å²) in [6, 6.07) is 1.72. The van der Waals surface area contributed by atoms with Crippen molar-refractivity contribution >= 4 is 22.0 Å². The van der Waals surface area contributed by atoms with Gasteiger partial charge in [-0.25, -0.2) is 0 Å². The molecular formula is C9H12N2O2S. The standard InChI is InChI=1S/C9H12N2O2S/c1-7(2)3-5-10-8-4-6-14-9(8)11(12)13/h3-4,6,10H,5H2,1-2H3. The lowest BCUT2D eigenvalue weighted by molar-refractivity contribution is -0.379. The summed E-state index contributed by atoms with van der Waals surface area (Å²) < 4.78 is 0. The lowest BCUT2D eigenvalue weighted by Crippen LogP contribution is -1.99. The average molecular weight is 212 g/mol. The van der Waals surface area contributed by atoms with E-state index in [1.807, 2.05) is 19.9 Å². The van der Waals surface area contributed by atoms with Crippen molar-refractivity contribution in [1.82, 2.24) is 0 Å². The SMILES string of the molecule is CC(C)=CCNc1ccsc1[N+](=O)[O-]. The number of anilines is 1. The fourth-order valence-electron chi connectivity index (χ4n) is 0.942. The zero-order valence-corrected chi connectivity index (χ0v) is 8.93. The summed E-state index contributed by atoms with van der Waals surface area (Å²) in [5, 5.41) is 15.4. The topological polar surface area (TPSA) is 55.2 Å². The lowest BCUT2D eigenvalue weighted by atomic mass is 10.3. The van der Waals surface area contributed by atoms with Crippen LogP contribution in [0.1, 0.15) is 13.8 Å². The number of rotatable bonds is 4. The first kappa shape index (κ1) is 10.7. The van der Waals surface area contributed by atoms with Gasteiger partial charge >= 0.3 is 5.00 Å². The van der Waals surface area contributed by atoms with Crippen LogP contribution in [0.5, 0.6) is 0 Å². The molecule has 0 fully saturated rings. The van der Waals surface area contributed by atoms with Crippen LogP contribution in [0.3, 0.4) is 0 Å². The van der Waals surface area contributed by atoms with Gasteiger partial charge in [-0.05, 0) is 25.3 Å². The number of allylic oxidation sites excluding steroid dienone is 1. The summed E-state index contributed by atoms with van der Waals surface area (Å²) in [6.07, 6.45) is 1.99. The number of nitrogens with one attached hydrogen (secondary N) is 1. The first-order chi connectivity index (χ1) is 6.61. The number of hydrogen-bond acceptors (Lipinski definition) is 4. The van der Waals surface area contributed by atoms with E-state index in [1.165, 1.54) is 5.57 Å². The minimum atomic E-state index is -0.366. The highest BCUT2D eigenvalue weighted by molar-refractivity contribution is 7.14. The third-order valence-electron chi connectivity index (χ3n) is 1.61. The first-order valence-electron chi connectivity index (χ1n) is 4.20. The van der Waals surface area contributed by atoms with Crippen LogP contribution >= 0.6 is 11.3 Å². The van der Waals surface area contributed by atoms with Crippen molar-refractivity contribution in [2.75, 3.05) is 11.9 Å². The minimum Gasteiger partial charge on any atom is -0.375 e. The normalized spacial score (nSPS) is 9.57. The maximum atomic E-state index is 10.5. The monoisotopic (exact) mass is 212 g/mol. The minimum absolute atomic E-state index is 0.173. The van der Waals surface area contributed by atoms with E-state index in [9.17, 15) is 10.1 Å². The van der Waals surface area contributed by atoms with E-state index in [4.69, 9.17) is 0 Å². The molecule has 0 saturated heterocycles. The van der Waals surface area contributed by atoms with Gasteiger partial charge in [0.2, 0.25) is 0 Å². The molecule has 0 aliphatic heterocycles. The number of hydrogen-bond donors (Lipinski definition) is 1. The van der Waals surface area contributed by atoms with Gasteiger partial charge in [-0.3, -0.25) is 10.1 Å². The molecule has 14 heavy (non-hydrogen) atoms. The Labute approximate surface area is 86.4 Å². The Morgan fingerprint density at radius 2 is 2.43 bits per heavy atom. The van der Waals surface area contributed by atoms with Crippen LogP contribution in [0.25, 0.3) is 0 Å². The Morgan fingerprint density at radius 3 is 3.00 bits per heavy atom. The summed E-state index contributed by atoms with van der Waals surface area (Å²) in [5.74, 6) is 0. The summed E-state index contributed by atoms with van der Waals surface area (Å²) in [4.78, 5) is 10.2. The van der Waals surface area contributed by atoms with Crippen molar-refractivity contribution in [3.8, 4) is 0 Å². The molecule has 1 aromatic heterocycles. The molecule has 1 aromatic rings. The van der Waals surface area contributed by atoms with E-state index in [1.54, 1.807) is 11.4 Å². The molecule has 1 heterocycles. The fraction of sp³-hybridized carbons (Fsp3) is 0.333. The van der Waals surface area contributed by atoms with Gasteiger partial charge in [-0.1, -0.05) is 23.0 Å². The molecule has 4 nitrogen and oxygen atoms in total. The molecule has 5 heteroatoms. The van der Waals surface area contributed by atoms with Crippen molar-refractivity contribution in [2.24, 2.45) is 0 Å². The Kier molecular flexibility index (Phi) is 3.64. The van der Waals surface area contributed by atoms with Crippen LogP contribution in [-0.4, -0.2) is 11.5 Å². The van der Waals surface area contributed by atoms with Crippen molar-refractivity contribution in [3.63, 3.8) is 0 Å². The van der Waals surface area contributed by atoms with E-state index in [0.717, 1.165) is 11.3 Å². The molecule has 0 saturated carbocycles. The fourth-order valence-corrected chi connectivity index (χ4v) is 1.63. The largest absolute Gasteiger partial charge is 0.375 e. The Hall–Kier alpha value is -1.36. The zero-order chi connectivity index (χ0) is 10.6. The molecule has 0 amide bonds. The van der Waals surface area contributed by atoms with E-state index in [2.05, 4.69) is 5.32 Å². The molecule has 1 rings (SSSR count). The van der Waals surface area contributed by atoms with Gasteiger partial charge in [0.15, 0.2) is 0 Å². The van der Waals surface area contributed by atoms with Crippen LogP contribution in [0, 0.1) is 10.1 Å². The Balaban J connectivity index is 2.63. The van der Waals surface area contributed by atoms with Gasteiger partial charge in [0.25, 0.3) is 0 Å². The smallest absolute Gasteiger partial charge is 0.347 e. The second kappa shape index (κ2) is 4.76. The Morgan fingerprint density at radius 1 is 1.71 bits per heavy atom. The van der Waals surface area contributed by atoms with Crippen LogP contribution in [-0.2, 0) is 0 Å². The second-order valence-electron chi connectivity index (χ2n) is 3.06. The number of nitro groups is 1. The predicted octanol–water partition coefficient (Wildman–Crippen LogP) is 3.03. The number of nitrogens with zero attached hydrogens (tertiary/aromatic N) is 1. The highest BCUT2D eigenvalue weighted by Crippen LogP contribution is 2.30.